The summed E-state index contributed by atoms with van der Waals surface area (Å²) in [5.41, 5.74) is 3.08. The number of hydrogen-bond donors (Lipinski definition) is 0. The highest BCUT2D eigenvalue weighted by molar-refractivity contribution is 7.59. The molecule has 0 aromatic rings. The van der Waals surface area contributed by atoms with E-state index in [0.717, 1.165) is 17.0 Å². The van der Waals surface area contributed by atoms with Crippen LogP contribution in [0.15, 0.2) is 0 Å². The first-order chi connectivity index (χ1) is 28.7. The van der Waals surface area contributed by atoms with Crippen LogP contribution in [0.4, 0.5) is 0 Å². The Morgan fingerprint density at radius 2 is 0.328 bits per heavy atom. The lowest BCUT2D eigenvalue weighted by Crippen LogP contribution is -2.23. The van der Waals surface area contributed by atoms with E-state index in [1.165, 1.54) is 289 Å². The van der Waals surface area contributed by atoms with E-state index in [1.54, 1.807) is 19.3 Å². The third-order valence-corrected chi connectivity index (χ3v) is 18.8. The van der Waals surface area contributed by atoms with Gasteiger partial charge in [0.2, 0.25) is 0 Å². The van der Waals surface area contributed by atoms with Crippen LogP contribution in [0.25, 0.3) is 0 Å². The molecular weight excluding hydrogens is 716 g/mol. The van der Waals surface area contributed by atoms with Gasteiger partial charge in [-0.3, -0.25) is 0 Å². The number of unbranched alkanes of at least 4 members (excludes halogenated alkanes) is 39. The highest BCUT2D eigenvalue weighted by Gasteiger charge is 2.32. The van der Waals surface area contributed by atoms with Crippen molar-refractivity contribution < 1.29 is 0 Å². The fraction of sp³-hybridized carbons (Fsp3) is 1.00. The molecule has 0 fully saturated rings. The van der Waals surface area contributed by atoms with E-state index in [2.05, 4.69) is 41.5 Å². The predicted octanol–water partition coefficient (Wildman–Crippen LogP) is 22.4. The molecule has 1 heteroatoms. The van der Waals surface area contributed by atoms with Gasteiger partial charge in [-0.1, -0.05) is 319 Å². The third kappa shape index (κ3) is 39.3. The van der Waals surface area contributed by atoms with Gasteiger partial charge in [0, 0.05) is 0 Å². The Bertz CT molecular complexity index is 621. The van der Waals surface area contributed by atoms with Gasteiger partial charge in [-0.25, -0.2) is 0 Å². The number of rotatable bonds is 51. The van der Waals surface area contributed by atoms with Gasteiger partial charge in [-0.05, 0) is 55.5 Å². The Kier molecular flexibility index (Phi) is 50.5. The zero-order chi connectivity index (χ0) is 42.3. The molecule has 0 saturated carbocycles. The van der Waals surface area contributed by atoms with Gasteiger partial charge < -0.3 is 0 Å². The van der Waals surface area contributed by atoms with Crippen molar-refractivity contribution in [3.63, 3.8) is 0 Å². The smallest absolute Gasteiger partial charge is 0.0207 e. The molecule has 58 heavy (non-hydrogen) atoms. The Labute approximate surface area is 373 Å². The fourth-order valence-electron chi connectivity index (χ4n) is 10.3. The minimum Gasteiger partial charge on any atom is -0.0972 e. The molecule has 0 aliphatic rings. The van der Waals surface area contributed by atoms with Crippen molar-refractivity contribution in [2.75, 3.05) is 0 Å². The highest BCUT2D eigenvalue weighted by atomic mass is 31.1. The van der Waals surface area contributed by atoms with E-state index in [4.69, 9.17) is 0 Å². The maximum absolute atomic E-state index is 2.59. The van der Waals surface area contributed by atoms with Crippen LogP contribution in [0.3, 0.4) is 0 Å². The van der Waals surface area contributed by atoms with Crippen LogP contribution in [0.5, 0.6) is 0 Å². The lowest BCUT2D eigenvalue weighted by molar-refractivity contribution is 0.520. The second-order valence-electron chi connectivity index (χ2n) is 19.8. The lowest BCUT2D eigenvalue weighted by atomic mass is 10.0. The summed E-state index contributed by atoms with van der Waals surface area (Å²) in [4.78, 5) is 0. The molecule has 350 valence electrons. The van der Waals surface area contributed by atoms with Crippen molar-refractivity contribution >= 4 is 7.92 Å². The van der Waals surface area contributed by atoms with Gasteiger partial charge in [0.15, 0.2) is 0 Å². The number of hydrogen-bond acceptors (Lipinski definition) is 0. The average molecular weight is 834 g/mol. The summed E-state index contributed by atoms with van der Waals surface area (Å²) in [5, 5.41) is 0. The van der Waals surface area contributed by atoms with Crippen molar-refractivity contribution in [3.8, 4) is 0 Å². The Hall–Kier alpha value is 0.430. The van der Waals surface area contributed by atoms with Crippen molar-refractivity contribution in [1.82, 2.24) is 0 Å². The molecular formula is C57H117P. The lowest BCUT2D eigenvalue weighted by Gasteiger charge is -2.40. The van der Waals surface area contributed by atoms with Gasteiger partial charge in [-0.15, -0.1) is 0 Å². The van der Waals surface area contributed by atoms with Crippen molar-refractivity contribution in [2.24, 2.45) is 0 Å². The summed E-state index contributed by atoms with van der Waals surface area (Å²) < 4.78 is 0. The predicted molar refractivity (Wildman–Crippen MR) is 274 cm³/mol. The van der Waals surface area contributed by atoms with E-state index >= 15 is 0 Å². The van der Waals surface area contributed by atoms with Crippen LogP contribution in [0.1, 0.15) is 350 Å². The van der Waals surface area contributed by atoms with Gasteiger partial charge >= 0.3 is 0 Å². The van der Waals surface area contributed by atoms with Crippen molar-refractivity contribution in [2.45, 2.75) is 367 Å². The molecule has 0 heterocycles. The monoisotopic (exact) mass is 833 g/mol. The average Bonchev–Trinajstić information content (AvgIpc) is 3.24. The minimum atomic E-state index is 0.124. The summed E-state index contributed by atoms with van der Waals surface area (Å²) in [7, 11) is 0.124. The molecule has 0 amide bonds. The van der Waals surface area contributed by atoms with Gasteiger partial charge in [-0.2, -0.15) is 0 Å². The molecule has 0 aromatic heterocycles. The highest BCUT2D eigenvalue weighted by Crippen LogP contribution is 2.58. The molecule has 0 radical (unpaired) electrons. The van der Waals surface area contributed by atoms with E-state index < -0.39 is 0 Å². The van der Waals surface area contributed by atoms with Gasteiger partial charge in [0.25, 0.3) is 0 Å². The van der Waals surface area contributed by atoms with Gasteiger partial charge in [0.1, 0.15) is 0 Å². The van der Waals surface area contributed by atoms with Crippen molar-refractivity contribution in [3.05, 3.63) is 0 Å². The van der Waals surface area contributed by atoms with Crippen LogP contribution >= 0.6 is 7.92 Å². The van der Waals surface area contributed by atoms with Crippen LogP contribution < -0.4 is 0 Å². The van der Waals surface area contributed by atoms with Crippen LogP contribution in [0, 0.1) is 0 Å². The minimum absolute atomic E-state index is 0.124. The third-order valence-electron chi connectivity index (χ3n) is 14.4. The molecule has 3 atom stereocenters. The first kappa shape index (κ1) is 58.4. The summed E-state index contributed by atoms with van der Waals surface area (Å²) >= 11 is 0. The normalized spacial score (nSPS) is 14.0. The van der Waals surface area contributed by atoms with E-state index in [1.807, 2.05) is 0 Å². The van der Waals surface area contributed by atoms with E-state index in [9.17, 15) is 0 Å². The molecule has 0 aromatic carbocycles. The molecule has 0 bridgehead atoms. The topological polar surface area (TPSA) is 0 Å². The molecule has 0 saturated heterocycles. The second-order valence-corrected chi connectivity index (χ2v) is 22.9. The molecule has 0 nitrogen and oxygen atoms in total. The fourth-order valence-corrected chi connectivity index (χ4v) is 14.8. The Morgan fingerprint density at radius 1 is 0.190 bits per heavy atom. The molecule has 0 spiro atoms. The van der Waals surface area contributed by atoms with E-state index in [-0.39, 0.29) is 7.92 Å². The summed E-state index contributed by atoms with van der Waals surface area (Å²) in [6, 6.07) is 0. The Balaban J connectivity index is 4.71. The first-order valence-electron chi connectivity index (χ1n) is 28.5. The molecule has 0 rings (SSSR count). The maximum Gasteiger partial charge on any atom is -0.0207 e. The second kappa shape index (κ2) is 50.1. The van der Waals surface area contributed by atoms with Crippen LogP contribution in [-0.2, 0) is 0 Å². The maximum atomic E-state index is 2.59. The van der Waals surface area contributed by atoms with Crippen molar-refractivity contribution in [1.29, 1.82) is 0 Å². The zero-order valence-electron chi connectivity index (χ0n) is 42.1. The molecule has 0 N–H and O–H groups in total. The largest absolute Gasteiger partial charge is 0.0972 e. The standard InChI is InChI=1S/C57H117P/c1-7-13-16-19-22-25-28-31-34-37-40-43-46-49-52-55(10-4)58(56(11-5)53-50-47-44-41-38-35-32-29-26-23-20-17-14-8-2)57(12-6)54-51-48-45-42-39-36-33-30-27-24-21-18-15-9-3/h55-57H,7-54H2,1-6H3. The summed E-state index contributed by atoms with van der Waals surface area (Å²) in [6.45, 7) is 14.7. The summed E-state index contributed by atoms with van der Waals surface area (Å²) in [5.74, 6) is 0. The van der Waals surface area contributed by atoms with Crippen LogP contribution in [0.2, 0.25) is 0 Å². The molecule has 0 aliphatic carbocycles. The SMILES string of the molecule is CCCCCCCCCCCCCCCCC(CC)P(C(CC)CCCCCCCCCCCCCCCC)C(CC)CCCCCCCCCCCCCCCC. The zero-order valence-corrected chi connectivity index (χ0v) is 43.0. The molecule has 0 aliphatic heterocycles. The molecule has 3 unspecified atom stereocenters. The Morgan fingerprint density at radius 3 is 0.466 bits per heavy atom. The summed E-state index contributed by atoms with van der Waals surface area (Å²) in [6.07, 6.45) is 71.1. The quantitative estimate of drug-likeness (QED) is 0.0423. The van der Waals surface area contributed by atoms with Crippen LogP contribution in [-0.4, -0.2) is 17.0 Å². The van der Waals surface area contributed by atoms with Gasteiger partial charge in [0.05, 0.1) is 0 Å². The first-order valence-corrected chi connectivity index (χ1v) is 30.0. The van der Waals surface area contributed by atoms with E-state index in [0.29, 0.717) is 0 Å².